The summed E-state index contributed by atoms with van der Waals surface area (Å²) in [5.41, 5.74) is 2.54. The van der Waals surface area contributed by atoms with Gasteiger partial charge in [0, 0.05) is 24.5 Å². The van der Waals surface area contributed by atoms with Crippen molar-refractivity contribution < 1.29 is 9.53 Å². The van der Waals surface area contributed by atoms with Gasteiger partial charge >= 0.3 is 0 Å². The second kappa shape index (κ2) is 5.57. The van der Waals surface area contributed by atoms with Crippen LogP contribution >= 0.6 is 0 Å². The quantitative estimate of drug-likeness (QED) is 0.926. The molecule has 2 heterocycles. The summed E-state index contributed by atoms with van der Waals surface area (Å²) < 4.78 is 5.57. The van der Waals surface area contributed by atoms with Crippen LogP contribution in [0.4, 0.5) is 0 Å². The third-order valence-electron chi connectivity index (χ3n) is 3.10. The Morgan fingerprint density at radius 2 is 2.15 bits per heavy atom. The number of hydrogen-bond acceptors (Lipinski definition) is 3. The molecule has 0 bridgehead atoms. The smallest absolute Gasteiger partial charge is 0.250 e. The molecule has 0 saturated heterocycles. The summed E-state index contributed by atoms with van der Waals surface area (Å²) in [5.74, 6) is 0.708. The highest BCUT2D eigenvalue weighted by molar-refractivity contribution is 5.99. The van der Waals surface area contributed by atoms with Crippen molar-refractivity contribution in [2.45, 2.75) is 6.54 Å². The molecule has 20 heavy (non-hydrogen) atoms. The minimum Gasteiger partial charge on any atom is -0.488 e. The van der Waals surface area contributed by atoms with Crippen LogP contribution in [0.25, 0.3) is 6.08 Å². The van der Waals surface area contributed by atoms with Crippen LogP contribution in [-0.2, 0) is 11.3 Å². The minimum atomic E-state index is -0.108. The highest BCUT2D eigenvalue weighted by atomic mass is 16.5. The number of carbonyl (C=O) groups is 1. The fraction of sp³-hybridized carbons (Fsp3) is 0.125. The van der Waals surface area contributed by atoms with Crippen molar-refractivity contribution in [3.8, 4) is 5.75 Å². The summed E-state index contributed by atoms with van der Waals surface area (Å²) in [6.07, 6.45) is 5.32. The molecule has 1 aliphatic rings. The number of ether oxygens (including phenoxy) is 1. The van der Waals surface area contributed by atoms with Crippen molar-refractivity contribution in [2.24, 2.45) is 0 Å². The van der Waals surface area contributed by atoms with Gasteiger partial charge in [-0.3, -0.25) is 9.78 Å². The molecule has 0 aliphatic carbocycles. The molecule has 3 rings (SSSR count). The van der Waals surface area contributed by atoms with Crippen molar-refractivity contribution in [3.05, 3.63) is 65.5 Å². The number of para-hydroxylation sites is 1. The van der Waals surface area contributed by atoms with Crippen LogP contribution in [0.1, 0.15) is 11.1 Å². The van der Waals surface area contributed by atoms with E-state index < -0.39 is 0 Å². The van der Waals surface area contributed by atoms with Crippen LogP contribution in [-0.4, -0.2) is 17.5 Å². The predicted octanol–water partition coefficient (Wildman–Crippen LogP) is 2.17. The second-order valence-electron chi connectivity index (χ2n) is 4.54. The Bertz CT molecular complexity index is 651. The lowest BCUT2D eigenvalue weighted by Crippen LogP contribution is -2.28. The topological polar surface area (TPSA) is 51.2 Å². The Kier molecular flexibility index (Phi) is 3.46. The molecule has 1 aromatic heterocycles. The van der Waals surface area contributed by atoms with Crippen LogP contribution in [0, 0.1) is 0 Å². The number of nitrogens with zero attached hydrogens (tertiary/aromatic N) is 1. The first-order chi connectivity index (χ1) is 9.83. The molecule has 4 nitrogen and oxygen atoms in total. The van der Waals surface area contributed by atoms with Crippen molar-refractivity contribution in [2.75, 3.05) is 6.61 Å². The van der Waals surface area contributed by atoms with Gasteiger partial charge in [0.1, 0.15) is 12.4 Å². The van der Waals surface area contributed by atoms with E-state index in [4.69, 9.17) is 4.74 Å². The third kappa shape index (κ3) is 2.69. The van der Waals surface area contributed by atoms with Crippen molar-refractivity contribution >= 4 is 12.0 Å². The molecule has 2 aromatic rings. The van der Waals surface area contributed by atoms with Gasteiger partial charge in [-0.05, 0) is 23.8 Å². The van der Waals surface area contributed by atoms with E-state index in [9.17, 15) is 4.79 Å². The number of pyridine rings is 1. The zero-order valence-electron chi connectivity index (χ0n) is 10.9. The van der Waals surface area contributed by atoms with E-state index in [2.05, 4.69) is 10.3 Å². The number of rotatable bonds is 3. The molecule has 0 unspecified atom stereocenters. The molecule has 4 heteroatoms. The number of carbonyl (C=O) groups excluding carboxylic acids is 1. The maximum atomic E-state index is 12.1. The lowest BCUT2D eigenvalue weighted by Gasteiger charge is -2.17. The van der Waals surface area contributed by atoms with Gasteiger partial charge in [-0.2, -0.15) is 0 Å². The normalized spacial score (nSPS) is 12.9. The molecular formula is C16H14N2O2. The molecule has 1 N–H and O–H groups in total. The van der Waals surface area contributed by atoms with Crippen molar-refractivity contribution in [1.29, 1.82) is 0 Å². The summed E-state index contributed by atoms with van der Waals surface area (Å²) in [4.78, 5) is 16.1. The average Bonchev–Trinajstić information content (AvgIpc) is 2.53. The highest BCUT2D eigenvalue weighted by Crippen LogP contribution is 2.25. The van der Waals surface area contributed by atoms with Gasteiger partial charge in [0.05, 0.1) is 5.57 Å². The molecule has 1 aromatic carbocycles. The number of aromatic nitrogens is 1. The first kappa shape index (κ1) is 12.4. The zero-order chi connectivity index (χ0) is 13.8. The minimum absolute atomic E-state index is 0.108. The van der Waals surface area contributed by atoms with Gasteiger partial charge in [0.15, 0.2) is 0 Å². The zero-order valence-corrected chi connectivity index (χ0v) is 10.9. The predicted molar refractivity (Wildman–Crippen MR) is 76.0 cm³/mol. The second-order valence-corrected chi connectivity index (χ2v) is 4.54. The number of hydrogen-bond donors (Lipinski definition) is 1. The van der Waals surface area contributed by atoms with Gasteiger partial charge in [0.25, 0.3) is 5.91 Å². The molecule has 0 radical (unpaired) electrons. The van der Waals surface area contributed by atoms with Gasteiger partial charge < -0.3 is 10.1 Å². The monoisotopic (exact) mass is 266 g/mol. The first-order valence-corrected chi connectivity index (χ1v) is 6.42. The van der Waals surface area contributed by atoms with Crippen LogP contribution in [0.2, 0.25) is 0 Å². The maximum Gasteiger partial charge on any atom is 0.250 e. The van der Waals surface area contributed by atoms with Crippen LogP contribution in [0.5, 0.6) is 5.75 Å². The summed E-state index contributed by atoms with van der Waals surface area (Å²) in [6, 6.07) is 11.4. The van der Waals surface area contributed by atoms with E-state index >= 15 is 0 Å². The SMILES string of the molecule is O=C(NCc1cccnc1)C1=Cc2ccccc2OC1. The van der Waals surface area contributed by atoms with Crippen molar-refractivity contribution in [3.63, 3.8) is 0 Å². The Morgan fingerprint density at radius 3 is 3.00 bits per heavy atom. The number of amides is 1. The fourth-order valence-corrected chi connectivity index (χ4v) is 2.05. The molecule has 0 spiro atoms. The Balaban J connectivity index is 1.68. The average molecular weight is 266 g/mol. The number of benzene rings is 1. The molecule has 100 valence electrons. The van der Waals surface area contributed by atoms with Crippen LogP contribution < -0.4 is 10.1 Å². The highest BCUT2D eigenvalue weighted by Gasteiger charge is 2.16. The van der Waals surface area contributed by atoms with Gasteiger partial charge in [0.2, 0.25) is 0 Å². The Hall–Kier alpha value is -2.62. The van der Waals surface area contributed by atoms with Gasteiger partial charge in [-0.25, -0.2) is 0 Å². The van der Waals surface area contributed by atoms with E-state index in [1.54, 1.807) is 12.4 Å². The maximum absolute atomic E-state index is 12.1. The van der Waals surface area contributed by atoms with E-state index in [1.807, 2.05) is 42.5 Å². The molecule has 0 saturated carbocycles. The largest absolute Gasteiger partial charge is 0.488 e. The molecule has 1 aliphatic heterocycles. The summed E-state index contributed by atoms with van der Waals surface area (Å²) in [6.45, 7) is 0.765. The molecular weight excluding hydrogens is 252 g/mol. The van der Waals surface area contributed by atoms with Crippen LogP contribution in [0.3, 0.4) is 0 Å². The Morgan fingerprint density at radius 1 is 1.25 bits per heavy atom. The van der Waals surface area contributed by atoms with E-state index in [0.29, 0.717) is 18.7 Å². The van der Waals surface area contributed by atoms with Crippen LogP contribution in [0.15, 0.2) is 54.4 Å². The lowest BCUT2D eigenvalue weighted by molar-refractivity contribution is -0.117. The first-order valence-electron chi connectivity index (χ1n) is 6.42. The fourth-order valence-electron chi connectivity index (χ4n) is 2.05. The summed E-state index contributed by atoms with van der Waals surface area (Å²) in [5, 5.41) is 2.87. The summed E-state index contributed by atoms with van der Waals surface area (Å²) in [7, 11) is 0. The van der Waals surface area contributed by atoms with Gasteiger partial charge in [-0.1, -0.05) is 24.3 Å². The number of fused-ring (bicyclic) bond motifs is 1. The number of nitrogens with one attached hydrogen (secondary N) is 1. The standard InChI is InChI=1S/C16H14N2O2/c19-16(18-10-12-4-3-7-17-9-12)14-8-13-5-1-2-6-15(13)20-11-14/h1-9H,10-11H2,(H,18,19). The van der Waals surface area contributed by atoms with E-state index in [1.165, 1.54) is 0 Å². The van der Waals surface area contributed by atoms with Gasteiger partial charge in [-0.15, -0.1) is 0 Å². The lowest BCUT2D eigenvalue weighted by atomic mass is 10.1. The van der Waals surface area contributed by atoms with E-state index in [-0.39, 0.29) is 5.91 Å². The van der Waals surface area contributed by atoms with Crippen molar-refractivity contribution in [1.82, 2.24) is 10.3 Å². The molecule has 0 fully saturated rings. The molecule has 0 atom stereocenters. The Labute approximate surface area is 117 Å². The summed E-state index contributed by atoms with van der Waals surface area (Å²) >= 11 is 0. The van der Waals surface area contributed by atoms with E-state index in [0.717, 1.165) is 16.9 Å². The third-order valence-corrected chi connectivity index (χ3v) is 3.10. The molecule has 1 amide bonds.